The van der Waals surface area contributed by atoms with Crippen LogP contribution < -0.4 is 4.90 Å². The van der Waals surface area contributed by atoms with E-state index in [1.165, 1.54) is 12.8 Å². The Morgan fingerprint density at radius 3 is 2.78 bits per heavy atom. The van der Waals surface area contributed by atoms with Crippen molar-refractivity contribution in [2.24, 2.45) is 0 Å². The van der Waals surface area contributed by atoms with E-state index in [-0.39, 0.29) is 5.78 Å². The van der Waals surface area contributed by atoms with Crippen LogP contribution in [0.5, 0.6) is 0 Å². The minimum Gasteiger partial charge on any atom is -0.378 e. The molecule has 0 saturated heterocycles. The number of Topliss-reactive ketones (excluding diaryl/α,β-unsaturated/α-hetero) is 1. The number of rotatable bonds is 3. The van der Waals surface area contributed by atoms with Crippen LogP contribution in [-0.4, -0.2) is 19.9 Å². The highest BCUT2D eigenvalue weighted by Crippen LogP contribution is 2.22. The van der Waals surface area contributed by atoms with Gasteiger partial charge >= 0.3 is 0 Å². The Hall–Kier alpha value is -1.57. The van der Waals surface area contributed by atoms with Gasteiger partial charge in [0.25, 0.3) is 0 Å². The van der Waals surface area contributed by atoms with Crippen molar-refractivity contribution in [3.05, 3.63) is 41.5 Å². The first-order valence-electron chi connectivity index (χ1n) is 6.69. The summed E-state index contributed by atoms with van der Waals surface area (Å²) in [6.45, 7) is 0. The van der Waals surface area contributed by atoms with Gasteiger partial charge in [-0.25, -0.2) is 0 Å². The SMILES string of the molecule is CN(C)c1cccc(C(=O)C2=CCCCCC2)c1. The fourth-order valence-electron chi connectivity index (χ4n) is 2.33. The maximum atomic E-state index is 12.4. The first-order valence-corrected chi connectivity index (χ1v) is 6.69. The minimum absolute atomic E-state index is 0.209. The molecule has 2 nitrogen and oxygen atoms in total. The molecule has 0 N–H and O–H groups in total. The Bertz CT molecular complexity index is 460. The van der Waals surface area contributed by atoms with Gasteiger partial charge in [-0.3, -0.25) is 4.79 Å². The molecule has 1 aliphatic carbocycles. The maximum Gasteiger partial charge on any atom is 0.188 e. The molecule has 2 heteroatoms. The van der Waals surface area contributed by atoms with Crippen molar-refractivity contribution in [3.63, 3.8) is 0 Å². The first kappa shape index (κ1) is 12.9. The normalized spacial score (nSPS) is 15.8. The van der Waals surface area contributed by atoms with Crippen LogP contribution in [0, 0.1) is 0 Å². The van der Waals surface area contributed by atoms with Gasteiger partial charge in [0, 0.05) is 25.3 Å². The fourth-order valence-corrected chi connectivity index (χ4v) is 2.33. The quantitative estimate of drug-likeness (QED) is 0.752. The van der Waals surface area contributed by atoms with E-state index in [1.54, 1.807) is 0 Å². The van der Waals surface area contributed by atoms with Crippen molar-refractivity contribution in [1.29, 1.82) is 0 Å². The Morgan fingerprint density at radius 1 is 1.17 bits per heavy atom. The lowest BCUT2D eigenvalue weighted by atomic mass is 9.99. The number of carbonyl (C=O) groups is 1. The number of hydrogen-bond acceptors (Lipinski definition) is 2. The highest BCUT2D eigenvalue weighted by molar-refractivity contribution is 6.09. The molecule has 18 heavy (non-hydrogen) atoms. The third-order valence-corrected chi connectivity index (χ3v) is 3.46. The van der Waals surface area contributed by atoms with Crippen LogP contribution in [0.25, 0.3) is 0 Å². The molecule has 0 fully saturated rings. The summed E-state index contributed by atoms with van der Waals surface area (Å²) in [7, 11) is 3.99. The van der Waals surface area contributed by atoms with Crippen LogP contribution in [0.1, 0.15) is 42.5 Å². The molecule has 2 rings (SSSR count). The summed E-state index contributed by atoms with van der Waals surface area (Å²) < 4.78 is 0. The number of anilines is 1. The smallest absolute Gasteiger partial charge is 0.188 e. The molecule has 1 aromatic carbocycles. The van der Waals surface area contributed by atoms with Crippen molar-refractivity contribution < 1.29 is 4.79 Å². The van der Waals surface area contributed by atoms with Crippen molar-refractivity contribution in [1.82, 2.24) is 0 Å². The second-order valence-electron chi connectivity index (χ2n) is 5.10. The molecule has 0 bridgehead atoms. The predicted octanol–water partition coefficient (Wildman–Crippen LogP) is 3.83. The van der Waals surface area contributed by atoms with E-state index in [2.05, 4.69) is 6.08 Å². The number of hydrogen-bond donors (Lipinski definition) is 0. The highest BCUT2D eigenvalue weighted by Gasteiger charge is 2.14. The molecule has 0 radical (unpaired) electrons. The average Bonchev–Trinajstić information content (AvgIpc) is 2.67. The van der Waals surface area contributed by atoms with Crippen molar-refractivity contribution in [2.75, 3.05) is 19.0 Å². The molecule has 96 valence electrons. The zero-order valence-corrected chi connectivity index (χ0v) is 11.3. The van der Waals surface area contributed by atoms with Crippen LogP contribution in [0.15, 0.2) is 35.9 Å². The lowest BCUT2D eigenvalue weighted by Gasteiger charge is -2.13. The summed E-state index contributed by atoms with van der Waals surface area (Å²) in [5, 5.41) is 0. The maximum absolute atomic E-state index is 12.4. The number of ketones is 1. The molecule has 0 saturated carbocycles. The molecule has 0 unspecified atom stereocenters. The lowest BCUT2D eigenvalue weighted by molar-refractivity contribution is 0.103. The van der Waals surface area contributed by atoms with Crippen molar-refractivity contribution >= 4 is 11.5 Å². The molecule has 0 atom stereocenters. The van der Waals surface area contributed by atoms with Gasteiger partial charge in [0.15, 0.2) is 5.78 Å². The van der Waals surface area contributed by atoms with E-state index in [0.717, 1.165) is 36.1 Å². The predicted molar refractivity (Wildman–Crippen MR) is 76.3 cm³/mol. The Balaban J connectivity index is 2.22. The van der Waals surface area contributed by atoms with Crippen LogP contribution in [-0.2, 0) is 0 Å². The van der Waals surface area contributed by atoms with Gasteiger partial charge in [0.2, 0.25) is 0 Å². The Morgan fingerprint density at radius 2 is 2.00 bits per heavy atom. The van der Waals surface area contributed by atoms with Crippen LogP contribution in [0.4, 0.5) is 5.69 Å². The summed E-state index contributed by atoms with van der Waals surface area (Å²) >= 11 is 0. The Labute approximate surface area is 109 Å². The number of carbonyl (C=O) groups excluding carboxylic acids is 1. The van der Waals surface area contributed by atoms with E-state index >= 15 is 0 Å². The molecule has 1 aromatic rings. The third kappa shape index (κ3) is 3.00. The van der Waals surface area contributed by atoms with Crippen LogP contribution >= 0.6 is 0 Å². The van der Waals surface area contributed by atoms with Gasteiger partial charge in [0.05, 0.1) is 0 Å². The molecule has 0 spiro atoms. The zero-order chi connectivity index (χ0) is 13.0. The largest absolute Gasteiger partial charge is 0.378 e. The topological polar surface area (TPSA) is 20.3 Å². The lowest BCUT2D eigenvalue weighted by Crippen LogP contribution is -2.10. The van der Waals surface area contributed by atoms with E-state index < -0.39 is 0 Å². The average molecular weight is 243 g/mol. The number of allylic oxidation sites excluding steroid dienone is 2. The van der Waals surface area contributed by atoms with Crippen LogP contribution in [0.2, 0.25) is 0 Å². The molecule has 0 heterocycles. The fraction of sp³-hybridized carbons (Fsp3) is 0.438. The second kappa shape index (κ2) is 5.85. The van der Waals surface area contributed by atoms with Gasteiger partial charge < -0.3 is 4.90 Å². The monoisotopic (exact) mass is 243 g/mol. The summed E-state index contributed by atoms with van der Waals surface area (Å²) in [5.74, 6) is 0.209. The third-order valence-electron chi connectivity index (χ3n) is 3.46. The standard InChI is InChI=1S/C16H21NO/c1-17(2)15-11-7-10-14(12-15)16(18)13-8-5-3-4-6-9-13/h7-8,10-12H,3-6,9H2,1-2H3. The van der Waals surface area contributed by atoms with E-state index in [9.17, 15) is 4.79 Å². The van der Waals surface area contributed by atoms with E-state index in [1.807, 2.05) is 43.3 Å². The first-order chi connectivity index (χ1) is 8.68. The summed E-state index contributed by atoms with van der Waals surface area (Å²) in [6.07, 6.45) is 7.72. The second-order valence-corrected chi connectivity index (χ2v) is 5.10. The van der Waals surface area contributed by atoms with Gasteiger partial charge in [-0.15, -0.1) is 0 Å². The molecule has 0 aliphatic heterocycles. The van der Waals surface area contributed by atoms with E-state index in [4.69, 9.17) is 0 Å². The number of nitrogens with zero attached hydrogens (tertiary/aromatic N) is 1. The summed E-state index contributed by atoms with van der Waals surface area (Å²) in [5.41, 5.74) is 2.90. The van der Waals surface area contributed by atoms with Gasteiger partial charge in [0.1, 0.15) is 0 Å². The van der Waals surface area contributed by atoms with Gasteiger partial charge in [-0.2, -0.15) is 0 Å². The summed E-state index contributed by atoms with van der Waals surface area (Å²) in [6, 6.07) is 7.88. The van der Waals surface area contributed by atoms with Crippen molar-refractivity contribution in [3.8, 4) is 0 Å². The van der Waals surface area contributed by atoms with Crippen molar-refractivity contribution in [2.45, 2.75) is 32.1 Å². The molecule has 0 amide bonds. The van der Waals surface area contributed by atoms with Gasteiger partial charge in [-0.05, 0) is 43.4 Å². The van der Waals surface area contributed by atoms with E-state index in [0.29, 0.717) is 0 Å². The molecular weight excluding hydrogens is 222 g/mol. The molecule has 1 aliphatic rings. The molecule has 0 aromatic heterocycles. The minimum atomic E-state index is 0.209. The highest BCUT2D eigenvalue weighted by atomic mass is 16.1. The van der Waals surface area contributed by atoms with Gasteiger partial charge in [-0.1, -0.05) is 24.6 Å². The zero-order valence-electron chi connectivity index (χ0n) is 11.3. The number of benzene rings is 1. The summed E-state index contributed by atoms with van der Waals surface area (Å²) in [4.78, 5) is 14.5. The Kier molecular flexibility index (Phi) is 4.19. The molecular formula is C16H21NO. The van der Waals surface area contributed by atoms with Crippen LogP contribution in [0.3, 0.4) is 0 Å².